The molecular weight excluding hydrogens is 288 g/mol. The predicted octanol–water partition coefficient (Wildman–Crippen LogP) is 1.99. The lowest BCUT2D eigenvalue weighted by Crippen LogP contribution is -2.17. The van der Waals surface area contributed by atoms with E-state index in [2.05, 4.69) is 15.0 Å². The SMILES string of the molecule is CNc1cc(S(=O)(=O)Nc2ccccc2N(C)C)ccn1. The fourth-order valence-corrected chi connectivity index (χ4v) is 2.96. The van der Waals surface area contributed by atoms with Gasteiger partial charge in [-0.25, -0.2) is 13.4 Å². The number of sulfonamides is 1. The summed E-state index contributed by atoms with van der Waals surface area (Å²) < 4.78 is 27.5. The van der Waals surface area contributed by atoms with E-state index >= 15 is 0 Å². The van der Waals surface area contributed by atoms with Crippen molar-refractivity contribution in [3.05, 3.63) is 42.6 Å². The summed E-state index contributed by atoms with van der Waals surface area (Å²) in [4.78, 5) is 6.03. The number of pyridine rings is 1. The van der Waals surface area contributed by atoms with Crippen LogP contribution in [0.1, 0.15) is 0 Å². The average Bonchev–Trinajstić information content (AvgIpc) is 2.47. The molecular formula is C14H18N4O2S. The Labute approximate surface area is 124 Å². The van der Waals surface area contributed by atoms with Crippen molar-refractivity contribution >= 4 is 27.2 Å². The lowest BCUT2D eigenvalue weighted by Gasteiger charge is -2.18. The van der Waals surface area contributed by atoms with Gasteiger partial charge in [0.25, 0.3) is 10.0 Å². The molecule has 0 aliphatic carbocycles. The molecule has 0 radical (unpaired) electrons. The fourth-order valence-electron chi connectivity index (χ4n) is 1.87. The van der Waals surface area contributed by atoms with E-state index in [1.54, 1.807) is 19.2 Å². The van der Waals surface area contributed by atoms with Gasteiger partial charge in [-0.15, -0.1) is 0 Å². The van der Waals surface area contributed by atoms with Gasteiger partial charge in [0.05, 0.1) is 16.3 Å². The summed E-state index contributed by atoms with van der Waals surface area (Å²) in [6, 6.07) is 10.2. The van der Waals surface area contributed by atoms with Crippen LogP contribution in [0.15, 0.2) is 47.5 Å². The Hall–Kier alpha value is -2.28. The highest BCUT2D eigenvalue weighted by atomic mass is 32.2. The Morgan fingerprint density at radius 3 is 2.52 bits per heavy atom. The average molecular weight is 306 g/mol. The number of aromatic nitrogens is 1. The topological polar surface area (TPSA) is 74.3 Å². The minimum atomic E-state index is -3.66. The molecule has 0 saturated carbocycles. The maximum absolute atomic E-state index is 12.5. The van der Waals surface area contributed by atoms with Gasteiger partial charge in [-0.1, -0.05) is 12.1 Å². The first kappa shape index (κ1) is 15.1. The van der Waals surface area contributed by atoms with Crippen LogP contribution in [0.25, 0.3) is 0 Å². The molecule has 0 bridgehead atoms. The van der Waals surface area contributed by atoms with E-state index in [1.807, 2.05) is 31.1 Å². The third-order valence-corrected chi connectivity index (χ3v) is 4.29. The highest BCUT2D eigenvalue weighted by molar-refractivity contribution is 7.92. The molecule has 7 heteroatoms. The van der Waals surface area contributed by atoms with Crippen molar-refractivity contribution in [3.63, 3.8) is 0 Å². The first-order valence-electron chi connectivity index (χ1n) is 6.37. The van der Waals surface area contributed by atoms with Gasteiger partial charge in [-0.05, 0) is 18.2 Å². The van der Waals surface area contributed by atoms with Crippen molar-refractivity contribution in [1.29, 1.82) is 0 Å². The molecule has 2 N–H and O–H groups in total. The normalized spacial score (nSPS) is 11.0. The molecule has 0 fully saturated rings. The van der Waals surface area contributed by atoms with Crippen LogP contribution in [-0.4, -0.2) is 34.5 Å². The van der Waals surface area contributed by atoms with Crippen LogP contribution < -0.4 is 14.9 Å². The zero-order valence-electron chi connectivity index (χ0n) is 12.2. The molecule has 1 aromatic carbocycles. The Morgan fingerprint density at radius 2 is 1.86 bits per heavy atom. The molecule has 2 aromatic rings. The van der Waals surface area contributed by atoms with Crippen molar-refractivity contribution < 1.29 is 8.42 Å². The first-order chi connectivity index (χ1) is 9.94. The van der Waals surface area contributed by atoms with Gasteiger partial charge in [-0.3, -0.25) is 4.72 Å². The summed E-state index contributed by atoms with van der Waals surface area (Å²) in [5, 5.41) is 2.82. The van der Waals surface area contributed by atoms with Crippen LogP contribution in [0.3, 0.4) is 0 Å². The van der Waals surface area contributed by atoms with Crippen molar-refractivity contribution in [2.24, 2.45) is 0 Å². The largest absolute Gasteiger partial charge is 0.376 e. The molecule has 2 rings (SSSR count). The number of hydrogen-bond donors (Lipinski definition) is 2. The molecule has 0 aliphatic heterocycles. The molecule has 0 atom stereocenters. The Kier molecular flexibility index (Phi) is 4.32. The summed E-state index contributed by atoms with van der Waals surface area (Å²) in [6.45, 7) is 0. The van der Waals surface area contributed by atoms with Crippen LogP contribution in [0, 0.1) is 0 Å². The molecule has 6 nitrogen and oxygen atoms in total. The lowest BCUT2D eigenvalue weighted by molar-refractivity contribution is 0.601. The first-order valence-corrected chi connectivity index (χ1v) is 7.85. The van der Waals surface area contributed by atoms with Crippen LogP contribution in [-0.2, 0) is 10.0 Å². The number of rotatable bonds is 5. The third-order valence-electron chi connectivity index (χ3n) is 2.93. The Balaban J connectivity index is 2.38. The van der Waals surface area contributed by atoms with Crippen molar-refractivity contribution in [1.82, 2.24) is 4.98 Å². The van der Waals surface area contributed by atoms with Crippen molar-refractivity contribution in [2.45, 2.75) is 4.90 Å². The van der Waals surface area contributed by atoms with Crippen LogP contribution in [0.2, 0.25) is 0 Å². The summed E-state index contributed by atoms with van der Waals surface area (Å²) in [5.41, 5.74) is 1.33. The van der Waals surface area contributed by atoms with Gasteiger partial charge >= 0.3 is 0 Å². The van der Waals surface area contributed by atoms with E-state index in [0.29, 0.717) is 11.5 Å². The summed E-state index contributed by atoms with van der Waals surface area (Å²) >= 11 is 0. The van der Waals surface area contributed by atoms with E-state index in [1.165, 1.54) is 18.3 Å². The molecule has 0 amide bonds. The summed E-state index contributed by atoms with van der Waals surface area (Å²) in [5.74, 6) is 0.499. The van der Waals surface area contributed by atoms with Crippen molar-refractivity contribution in [3.8, 4) is 0 Å². The Bertz CT molecular complexity index is 729. The number of nitrogens with one attached hydrogen (secondary N) is 2. The number of hydrogen-bond acceptors (Lipinski definition) is 5. The second kappa shape index (κ2) is 6.01. The van der Waals surface area contributed by atoms with Gasteiger partial charge in [0, 0.05) is 33.4 Å². The molecule has 0 unspecified atom stereocenters. The lowest BCUT2D eigenvalue weighted by atomic mass is 10.2. The minimum Gasteiger partial charge on any atom is -0.376 e. The third kappa shape index (κ3) is 3.43. The number of para-hydroxylation sites is 2. The zero-order chi connectivity index (χ0) is 15.5. The molecule has 21 heavy (non-hydrogen) atoms. The molecule has 0 spiro atoms. The highest BCUT2D eigenvalue weighted by Crippen LogP contribution is 2.26. The number of nitrogens with zero attached hydrogens (tertiary/aromatic N) is 2. The predicted molar refractivity (Wildman–Crippen MR) is 85.4 cm³/mol. The fraction of sp³-hybridized carbons (Fsp3) is 0.214. The van der Waals surface area contributed by atoms with Gasteiger partial charge in [-0.2, -0.15) is 0 Å². The van der Waals surface area contributed by atoms with Crippen molar-refractivity contribution in [2.75, 3.05) is 36.1 Å². The van der Waals surface area contributed by atoms with E-state index < -0.39 is 10.0 Å². The van der Waals surface area contributed by atoms with Crippen LogP contribution in [0.5, 0.6) is 0 Å². The van der Waals surface area contributed by atoms with E-state index in [4.69, 9.17) is 0 Å². The monoisotopic (exact) mass is 306 g/mol. The Morgan fingerprint density at radius 1 is 1.14 bits per heavy atom. The second-order valence-electron chi connectivity index (χ2n) is 4.64. The van der Waals surface area contributed by atoms with Crippen LogP contribution in [0.4, 0.5) is 17.2 Å². The van der Waals surface area contributed by atoms with Crippen LogP contribution >= 0.6 is 0 Å². The molecule has 0 saturated heterocycles. The van der Waals surface area contributed by atoms with E-state index in [0.717, 1.165) is 5.69 Å². The van der Waals surface area contributed by atoms with Gasteiger partial charge in [0.2, 0.25) is 0 Å². The molecule has 0 aliphatic rings. The maximum atomic E-state index is 12.5. The summed E-state index contributed by atoms with van der Waals surface area (Å²) in [6.07, 6.45) is 1.46. The zero-order valence-corrected chi connectivity index (χ0v) is 13.0. The standard InChI is InChI=1S/C14H18N4O2S/c1-15-14-10-11(8-9-16-14)21(19,20)17-12-6-4-5-7-13(12)18(2)3/h4-10,17H,1-3H3,(H,15,16). The highest BCUT2D eigenvalue weighted by Gasteiger charge is 2.17. The van der Waals surface area contributed by atoms with Gasteiger partial charge < -0.3 is 10.2 Å². The van der Waals surface area contributed by atoms with Gasteiger partial charge in [0.1, 0.15) is 5.82 Å². The maximum Gasteiger partial charge on any atom is 0.262 e. The smallest absolute Gasteiger partial charge is 0.262 e. The van der Waals surface area contributed by atoms with Gasteiger partial charge in [0.15, 0.2) is 0 Å². The van der Waals surface area contributed by atoms with E-state index in [-0.39, 0.29) is 4.90 Å². The minimum absolute atomic E-state index is 0.162. The van der Waals surface area contributed by atoms with E-state index in [9.17, 15) is 8.42 Å². The molecule has 1 heterocycles. The number of anilines is 3. The number of benzene rings is 1. The summed E-state index contributed by atoms with van der Waals surface area (Å²) in [7, 11) is 1.75. The quantitative estimate of drug-likeness (QED) is 0.883. The molecule has 1 aromatic heterocycles. The second-order valence-corrected chi connectivity index (χ2v) is 6.33. The molecule has 112 valence electrons.